The Balaban J connectivity index is 1.62. The average molecular weight is 320 g/mol. The number of nitrogens with zero attached hydrogens (tertiary/aromatic N) is 1. The number of piperazine rings is 1. The minimum atomic E-state index is -0.434. The van der Waals surface area contributed by atoms with E-state index in [0.29, 0.717) is 42.3 Å². The maximum absolute atomic E-state index is 15.0. The van der Waals surface area contributed by atoms with Crippen molar-refractivity contribution < 1.29 is 18.7 Å². The van der Waals surface area contributed by atoms with E-state index in [-0.39, 0.29) is 18.0 Å². The first kappa shape index (κ1) is 15.1. The SMILES string of the molecule is C[C@H]1Cc2c(ccc([C@@H]3CN4CCNC[C@H]4CO3)c2F)C(=O)O1. The molecule has 0 bridgehead atoms. The van der Waals surface area contributed by atoms with Gasteiger partial charge in [0.25, 0.3) is 0 Å². The molecule has 2 saturated heterocycles. The quantitative estimate of drug-likeness (QED) is 0.790. The van der Waals surface area contributed by atoms with Crippen LogP contribution in [0.4, 0.5) is 4.39 Å². The largest absolute Gasteiger partial charge is 0.459 e. The van der Waals surface area contributed by atoms with Gasteiger partial charge in [0.1, 0.15) is 11.9 Å². The Kier molecular flexibility index (Phi) is 3.83. The van der Waals surface area contributed by atoms with Gasteiger partial charge >= 0.3 is 5.97 Å². The molecular formula is C17H21FN2O3. The minimum Gasteiger partial charge on any atom is -0.459 e. The second-order valence-electron chi connectivity index (χ2n) is 6.59. The fraction of sp³-hybridized carbons (Fsp3) is 0.588. The predicted octanol–water partition coefficient (Wildman–Crippen LogP) is 1.27. The second-order valence-corrected chi connectivity index (χ2v) is 6.59. The van der Waals surface area contributed by atoms with Crippen molar-refractivity contribution in [3.8, 4) is 0 Å². The number of rotatable bonds is 1. The van der Waals surface area contributed by atoms with E-state index in [4.69, 9.17) is 9.47 Å². The second kappa shape index (κ2) is 5.85. The minimum absolute atomic E-state index is 0.275. The molecule has 0 amide bonds. The summed E-state index contributed by atoms with van der Waals surface area (Å²) >= 11 is 0. The summed E-state index contributed by atoms with van der Waals surface area (Å²) in [6.07, 6.45) is -0.142. The number of hydrogen-bond donors (Lipinski definition) is 1. The molecule has 3 aliphatic rings. The van der Waals surface area contributed by atoms with Gasteiger partial charge < -0.3 is 14.8 Å². The molecule has 5 nitrogen and oxygen atoms in total. The molecule has 0 unspecified atom stereocenters. The molecule has 6 heteroatoms. The average Bonchev–Trinajstić information content (AvgIpc) is 2.55. The van der Waals surface area contributed by atoms with Crippen LogP contribution in [0.25, 0.3) is 0 Å². The molecule has 1 aromatic rings. The van der Waals surface area contributed by atoms with Crippen LogP contribution in [0, 0.1) is 5.82 Å². The number of esters is 1. The van der Waals surface area contributed by atoms with Crippen molar-refractivity contribution in [2.45, 2.75) is 31.6 Å². The van der Waals surface area contributed by atoms with Crippen LogP contribution in [0.5, 0.6) is 0 Å². The van der Waals surface area contributed by atoms with E-state index in [1.807, 2.05) is 0 Å². The Hall–Kier alpha value is -1.50. The number of hydrogen-bond acceptors (Lipinski definition) is 5. The van der Waals surface area contributed by atoms with Gasteiger partial charge in [-0.05, 0) is 13.0 Å². The highest BCUT2D eigenvalue weighted by atomic mass is 19.1. The van der Waals surface area contributed by atoms with Crippen molar-refractivity contribution in [1.29, 1.82) is 0 Å². The monoisotopic (exact) mass is 320 g/mol. The van der Waals surface area contributed by atoms with Crippen LogP contribution in [0.2, 0.25) is 0 Å². The number of halogens is 1. The number of cyclic esters (lactones) is 1. The number of carbonyl (C=O) groups excluding carboxylic acids is 1. The smallest absolute Gasteiger partial charge is 0.338 e. The van der Waals surface area contributed by atoms with Gasteiger partial charge in [0, 0.05) is 49.8 Å². The van der Waals surface area contributed by atoms with E-state index in [2.05, 4.69) is 10.2 Å². The Morgan fingerprint density at radius 3 is 3.13 bits per heavy atom. The standard InChI is InChI=1S/C17H21FN2O3/c1-10-6-14-12(17(21)23-10)2-3-13(16(14)18)15-8-20-5-4-19-7-11(20)9-22-15/h2-3,10-11,15,19H,4-9H2,1H3/t10-,11-,15-/m0/s1. The fourth-order valence-corrected chi connectivity index (χ4v) is 3.74. The van der Waals surface area contributed by atoms with E-state index in [9.17, 15) is 9.18 Å². The first-order chi connectivity index (χ1) is 11.1. The predicted molar refractivity (Wildman–Crippen MR) is 81.9 cm³/mol. The van der Waals surface area contributed by atoms with Crippen LogP contribution in [0.1, 0.15) is 34.5 Å². The number of benzene rings is 1. The molecule has 3 aliphatic heterocycles. The van der Waals surface area contributed by atoms with Crippen LogP contribution in [-0.4, -0.2) is 55.8 Å². The molecule has 0 spiro atoms. The van der Waals surface area contributed by atoms with Crippen molar-refractivity contribution >= 4 is 5.97 Å². The summed E-state index contributed by atoms with van der Waals surface area (Å²) in [5, 5.41) is 3.35. The van der Waals surface area contributed by atoms with Gasteiger partial charge in [-0.2, -0.15) is 0 Å². The number of carbonyl (C=O) groups is 1. The zero-order chi connectivity index (χ0) is 16.0. The van der Waals surface area contributed by atoms with Gasteiger partial charge in [-0.1, -0.05) is 6.07 Å². The molecule has 1 aromatic carbocycles. The fourth-order valence-electron chi connectivity index (χ4n) is 3.74. The molecule has 3 heterocycles. The molecule has 4 rings (SSSR count). The van der Waals surface area contributed by atoms with E-state index in [1.165, 1.54) is 0 Å². The van der Waals surface area contributed by atoms with Gasteiger partial charge in [0.05, 0.1) is 18.3 Å². The summed E-state index contributed by atoms with van der Waals surface area (Å²) in [5.74, 6) is -0.736. The number of nitrogens with one attached hydrogen (secondary N) is 1. The molecule has 0 aliphatic carbocycles. The maximum Gasteiger partial charge on any atom is 0.338 e. The van der Waals surface area contributed by atoms with Gasteiger partial charge in [-0.3, -0.25) is 4.90 Å². The molecule has 1 N–H and O–H groups in total. The van der Waals surface area contributed by atoms with Gasteiger partial charge in [-0.15, -0.1) is 0 Å². The van der Waals surface area contributed by atoms with Crippen molar-refractivity contribution in [2.24, 2.45) is 0 Å². The van der Waals surface area contributed by atoms with Crippen molar-refractivity contribution in [3.05, 3.63) is 34.6 Å². The van der Waals surface area contributed by atoms with E-state index >= 15 is 0 Å². The Morgan fingerprint density at radius 2 is 2.26 bits per heavy atom. The van der Waals surface area contributed by atoms with Gasteiger partial charge in [0.2, 0.25) is 0 Å². The van der Waals surface area contributed by atoms with Crippen molar-refractivity contribution in [1.82, 2.24) is 10.2 Å². The van der Waals surface area contributed by atoms with Crippen molar-refractivity contribution in [3.63, 3.8) is 0 Å². The summed E-state index contributed by atoms with van der Waals surface area (Å²) in [6, 6.07) is 3.73. The highest BCUT2D eigenvalue weighted by molar-refractivity contribution is 5.92. The number of ether oxygens (including phenoxy) is 2. The zero-order valence-corrected chi connectivity index (χ0v) is 13.2. The van der Waals surface area contributed by atoms with Crippen LogP contribution in [0.3, 0.4) is 0 Å². The van der Waals surface area contributed by atoms with Crippen LogP contribution < -0.4 is 5.32 Å². The Labute approximate surface area is 134 Å². The summed E-state index contributed by atoms with van der Waals surface area (Å²) in [4.78, 5) is 14.2. The maximum atomic E-state index is 15.0. The molecule has 0 saturated carbocycles. The highest BCUT2D eigenvalue weighted by Crippen LogP contribution is 2.32. The van der Waals surface area contributed by atoms with E-state index in [1.54, 1.807) is 19.1 Å². The first-order valence-corrected chi connectivity index (χ1v) is 8.22. The summed E-state index contributed by atoms with van der Waals surface area (Å²) in [5.41, 5.74) is 1.38. The lowest BCUT2D eigenvalue weighted by Gasteiger charge is -2.43. The third-order valence-corrected chi connectivity index (χ3v) is 5.00. The molecule has 23 heavy (non-hydrogen) atoms. The topological polar surface area (TPSA) is 50.8 Å². The van der Waals surface area contributed by atoms with Crippen molar-refractivity contribution in [2.75, 3.05) is 32.8 Å². The zero-order valence-electron chi connectivity index (χ0n) is 13.2. The summed E-state index contributed by atoms with van der Waals surface area (Å²) in [7, 11) is 0. The third-order valence-electron chi connectivity index (χ3n) is 5.00. The molecule has 2 fully saturated rings. The van der Waals surface area contributed by atoms with Crippen LogP contribution in [0.15, 0.2) is 12.1 Å². The number of fused-ring (bicyclic) bond motifs is 2. The Morgan fingerprint density at radius 1 is 1.39 bits per heavy atom. The van der Waals surface area contributed by atoms with Crippen LogP contribution >= 0.6 is 0 Å². The van der Waals surface area contributed by atoms with E-state index < -0.39 is 5.97 Å². The third kappa shape index (κ3) is 2.65. The molecule has 3 atom stereocenters. The lowest BCUT2D eigenvalue weighted by atomic mass is 9.93. The summed E-state index contributed by atoms with van der Waals surface area (Å²) < 4.78 is 26.1. The number of morpholine rings is 1. The van der Waals surface area contributed by atoms with E-state index in [0.717, 1.165) is 19.6 Å². The van der Waals surface area contributed by atoms with Crippen LogP contribution in [-0.2, 0) is 15.9 Å². The molecule has 0 radical (unpaired) electrons. The lowest BCUT2D eigenvalue weighted by Crippen LogP contribution is -2.57. The molecular weight excluding hydrogens is 299 g/mol. The first-order valence-electron chi connectivity index (χ1n) is 8.22. The van der Waals surface area contributed by atoms with Gasteiger partial charge in [0.15, 0.2) is 0 Å². The highest BCUT2D eigenvalue weighted by Gasteiger charge is 2.34. The summed E-state index contributed by atoms with van der Waals surface area (Å²) in [6.45, 7) is 5.92. The Bertz CT molecular complexity index is 637. The lowest BCUT2D eigenvalue weighted by molar-refractivity contribution is -0.0730. The normalized spacial score (nSPS) is 31.2. The molecule has 0 aromatic heterocycles. The molecule has 124 valence electrons. The van der Waals surface area contributed by atoms with Gasteiger partial charge in [-0.25, -0.2) is 9.18 Å².